The number of carbonyl (C=O) groups is 2. The predicted octanol–water partition coefficient (Wildman–Crippen LogP) is 1.14. The van der Waals surface area contributed by atoms with E-state index in [0.717, 1.165) is 19.4 Å². The fourth-order valence-electron chi connectivity index (χ4n) is 3.27. The van der Waals surface area contributed by atoms with E-state index in [4.69, 9.17) is 10.5 Å². The highest BCUT2D eigenvalue weighted by Crippen LogP contribution is 2.33. The first-order valence-electron chi connectivity index (χ1n) is 8.15. The second kappa shape index (κ2) is 6.58. The van der Waals surface area contributed by atoms with Gasteiger partial charge < -0.3 is 15.4 Å². The van der Waals surface area contributed by atoms with Gasteiger partial charge in [0.15, 0.2) is 6.10 Å². The van der Waals surface area contributed by atoms with Crippen LogP contribution >= 0.6 is 0 Å². The van der Waals surface area contributed by atoms with E-state index >= 15 is 0 Å². The van der Waals surface area contributed by atoms with Gasteiger partial charge in [0.05, 0.1) is 18.8 Å². The molecule has 6 heteroatoms. The van der Waals surface area contributed by atoms with E-state index in [1.165, 1.54) is 6.42 Å². The average molecular weight is 317 g/mol. The first-order chi connectivity index (χ1) is 11.1. The first-order valence-corrected chi connectivity index (χ1v) is 8.15. The lowest BCUT2D eigenvalue weighted by Crippen LogP contribution is -2.52. The van der Waals surface area contributed by atoms with Gasteiger partial charge in [0, 0.05) is 6.04 Å². The lowest BCUT2D eigenvalue weighted by molar-refractivity contribution is -0.125. The van der Waals surface area contributed by atoms with Crippen LogP contribution in [0.5, 0.6) is 5.75 Å². The molecule has 2 aliphatic rings. The van der Waals surface area contributed by atoms with Crippen LogP contribution in [0.4, 0.5) is 5.69 Å². The third-order valence-corrected chi connectivity index (χ3v) is 4.67. The number of hydrogen-bond acceptors (Lipinski definition) is 4. The second-order valence-electron chi connectivity index (χ2n) is 6.30. The highest BCUT2D eigenvalue weighted by atomic mass is 16.5. The van der Waals surface area contributed by atoms with Crippen molar-refractivity contribution in [3.63, 3.8) is 0 Å². The molecule has 0 bridgehead atoms. The molecule has 124 valence electrons. The molecule has 0 saturated carbocycles. The SMILES string of the molecule is CC1CCCCN1CC(=O)N1CC(C(N)=O)Oc2ccccc21. The number of para-hydroxylation sites is 2. The van der Waals surface area contributed by atoms with Crippen molar-refractivity contribution in [3.05, 3.63) is 24.3 Å². The van der Waals surface area contributed by atoms with E-state index in [1.807, 2.05) is 18.2 Å². The lowest BCUT2D eigenvalue weighted by Gasteiger charge is -2.37. The smallest absolute Gasteiger partial charge is 0.260 e. The molecule has 23 heavy (non-hydrogen) atoms. The van der Waals surface area contributed by atoms with Crippen molar-refractivity contribution in [1.82, 2.24) is 4.90 Å². The van der Waals surface area contributed by atoms with Gasteiger partial charge in [-0.3, -0.25) is 14.5 Å². The second-order valence-corrected chi connectivity index (χ2v) is 6.30. The molecular weight excluding hydrogens is 294 g/mol. The normalized spacial score (nSPS) is 24.7. The molecule has 0 spiro atoms. The van der Waals surface area contributed by atoms with Crippen LogP contribution in [0.1, 0.15) is 26.2 Å². The minimum absolute atomic E-state index is 0.0132. The summed E-state index contributed by atoms with van der Waals surface area (Å²) >= 11 is 0. The molecule has 2 N–H and O–H groups in total. The van der Waals surface area contributed by atoms with Gasteiger partial charge in [-0.15, -0.1) is 0 Å². The van der Waals surface area contributed by atoms with Crippen LogP contribution in [0, 0.1) is 0 Å². The maximum Gasteiger partial charge on any atom is 0.260 e. The number of rotatable bonds is 3. The highest BCUT2D eigenvalue weighted by Gasteiger charge is 2.33. The van der Waals surface area contributed by atoms with E-state index in [-0.39, 0.29) is 12.5 Å². The molecule has 0 aliphatic carbocycles. The van der Waals surface area contributed by atoms with Crippen molar-refractivity contribution < 1.29 is 14.3 Å². The number of primary amides is 1. The maximum absolute atomic E-state index is 12.8. The third kappa shape index (κ3) is 3.32. The molecule has 1 saturated heterocycles. The number of likely N-dealkylation sites (tertiary alicyclic amines) is 1. The Labute approximate surface area is 136 Å². The number of nitrogens with zero attached hydrogens (tertiary/aromatic N) is 2. The molecule has 3 rings (SSSR count). The molecular formula is C17H23N3O3. The van der Waals surface area contributed by atoms with Gasteiger partial charge in [-0.2, -0.15) is 0 Å². The molecule has 2 unspecified atom stereocenters. The largest absolute Gasteiger partial charge is 0.477 e. The summed E-state index contributed by atoms with van der Waals surface area (Å²) in [7, 11) is 0. The van der Waals surface area contributed by atoms with E-state index in [9.17, 15) is 9.59 Å². The van der Waals surface area contributed by atoms with Gasteiger partial charge >= 0.3 is 0 Å². The number of anilines is 1. The van der Waals surface area contributed by atoms with Crippen LogP contribution in [0.25, 0.3) is 0 Å². The number of hydrogen-bond donors (Lipinski definition) is 1. The topological polar surface area (TPSA) is 75.9 Å². The van der Waals surface area contributed by atoms with Crippen molar-refractivity contribution in [3.8, 4) is 5.75 Å². The van der Waals surface area contributed by atoms with Crippen LogP contribution in [0.3, 0.4) is 0 Å². The number of nitrogens with two attached hydrogens (primary N) is 1. The zero-order valence-electron chi connectivity index (χ0n) is 13.4. The minimum atomic E-state index is -0.798. The number of benzene rings is 1. The van der Waals surface area contributed by atoms with Crippen LogP contribution in [0.15, 0.2) is 24.3 Å². The van der Waals surface area contributed by atoms with E-state index in [2.05, 4.69) is 11.8 Å². The predicted molar refractivity (Wildman–Crippen MR) is 87.3 cm³/mol. The fourth-order valence-corrected chi connectivity index (χ4v) is 3.27. The Bertz CT molecular complexity index is 605. The van der Waals surface area contributed by atoms with Crippen molar-refractivity contribution in [2.45, 2.75) is 38.3 Å². The first kappa shape index (κ1) is 15.8. The van der Waals surface area contributed by atoms with Crippen LogP contribution in [0.2, 0.25) is 0 Å². The summed E-state index contributed by atoms with van der Waals surface area (Å²) in [6.45, 7) is 3.64. The minimum Gasteiger partial charge on any atom is -0.477 e. The monoisotopic (exact) mass is 317 g/mol. The van der Waals surface area contributed by atoms with Crippen molar-refractivity contribution >= 4 is 17.5 Å². The number of amides is 2. The van der Waals surface area contributed by atoms with Crippen molar-refractivity contribution in [1.29, 1.82) is 0 Å². The Hall–Kier alpha value is -2.08. The molecule has 1 fully saturated rings. The van der Waals surface area contributed by atoms with Gasteiger partial charge in [-0.05, 0) is 38.4 Å². The van der Waals surface area contributed by atoms with Crippen LogP contribution in [-0.2, 0) is 9.59 Å². The molecule has 2 aliphatic heterocycles. The molecule has 0 aromatic heterocycles. The molecule has 1 aromatic carbocycles. The summed E-state index contributed by atoms with van der Waals surface area (Å²) in [5.41, 5.74) is 6.09. The Kier molecular flexibility index (Phi) is 4.52. The van der Waals surface area contributed by atoms with E-state index in [0.29, 0.717) is 24.0 Å². The Morgan fingerprint density at radius 1 is 1.30 bits per heavy atom. The summed E-state index contributed by atoms with van der Waals surface area (Å²) in [6, 6.07) is 7.68. The summed E-state index contributed by atoms with van der Waals surface area (Å²) in [5, 5.41) is 0. The van der Waals surface area contributed by atoms with Gasteiger partial charge in [0.2, 0.25) is 5.91 Å². The molecule has 2 amide bonds. The fraction of sp³-hybridized carbons (Fsp3) is 0.529. The van der Waals surface area contributed by atoms with E-state index < -0.39 is 12.0 Å². The summed E-state index contributed by atoms with van der Waals surface area (Å²) in [5.74, 6) is -0.0352. The Balaban J connectivity index is 1.79. The van der Waals surface area contributed by atoms with E-state index in [1.54, 1.807) is 11.0 Å². The average Bonchev–Trinajstić information content (AvgIpc) is 2.55. The number of piperidine rings is 1. The Morgan fingerprint density at radius 2 is 2.09 bits per heavy atom. The van der Waals surface area contributed by atoms with Crippen molar-refractivity contribution in [2.75, 3.05) is 24.5 Å². The highest BCUT2D eigenvalue weighted by molar-refractivity contribution is 5.98. The lowest BCUT2D eigenvalue weighted by atomic mass is 10.0. The zero-order valence-corrected chi connectivity index (χ0v) is 13.4. The van der Waals surface area contributed by atoms with Gasteiger partial charge in [0.25, 0.3) is 5.91 Å². The molecule has 2 atom stereocenters. The number of carbonyl (C=O) groups excluding carboxylic acids is 2. The molecule has 6 nitrogen and oxygen atoms in total. The maximum atomic E-state index is 12.8. The quantitative estimate of drug-likeness (QED) is 0.907. The number of ether oxygens (including phenoxy) is 1. The zero-order chi connectivity index (χ0) is 16.4. The summed E-state index contributed by atoms with van der Waals surface area (Å²) < 4.78 is 5.60. The molecule has 2 heterocycles. The van der Waals surface area contributed by atoms with Gasteiger partial charge in [-0.1, -0.05) is 18.6 Å². The standard InChI is InChI=1S/C17H23N3O3/c1-12-6-4-5-9-19(12)11-16(21)20-10-15(17(18)22)23-14-8-3-2-7-13(14)20/h2-3,7-8,12,15H,4-6,9-11H2,1H3,(H2,18,22). The van der Waals surface area contributed by atoms with Crippen molar-refractivity contribution in [2.24, 2.45) is 5.73 Å². The number of fused-ring (bicyclic) bond motifs is 1. The Morgan fingerprint density at radius 3 is 2.83 bits per heavy atom. The van der Waals surface area contributed by atoms with Crippen LogP contribution < -0.4 is 15.4 Å². The third-order valence-electron chi connectivity index (χ3n) is 4.67. The van der Waals surface area contributed by atoms with Crippen LogP contribution in [-0.4, -0.2) is 48.5 Å². The molecule has 1 aromatic rings. The molecule has 0 radical (unpaired) electrons. The summed E-state index contributed by atoms with van der Waals surface area (Å²) in [6.07, 6.45) is 2.67. The van der Waals surface area contributed by atoms with Gasteiger partial charge in [0.1, 0.15) is 5.75 Å². The summed E-state index contributed by atoms with van der Waals surface area (Å²) in [4.78, 5) is 28.2. The van der Waals surface area contributed by atoms with Gasteiger partial charge in [-0.25, -0.2) is 0 Å².